The second kappa shape index (κ2) is 5.32. The van der Waals surface area contributed by atoms with Crippen LogP contribution in [0.2, 0.25) is 0 Å². The number of amides is 1. The van der Waals surface area contributed by atoms with Gasteiger partial charge in [-0.2, -0.15) is 0 Å². The summed E-state index contributed by atoms with van der Waals surface area (Å²) in [5.74, 6) is 1.37. The molecule has 0 heterocycles. The zero-order chi connectivity index (χ0) is 14.9. The molecule has 1 aromatic carbocycles. The van der Waals surface area contributed by atoms with Crippen molar-refractivity contribution in [3.05, 3.63) is 23.3 Å². The van der Waals surface area contributed by atoms with Crippen LogP contribution in [0, 0.1) is 6.92 Å². The molecule has 1 aliphatic rings. The van der Waals surface area contributed by atoms with Gasteiger partial charge in [-0.05, 0) is 43.0 Å². The van der Waals surface area contributed by atoms with Gasteiger partial charge in [0.1, 0.15) is 0 Å². The molecule has 0 bridgehead atoms. The van der Waals surface area contributed by atoms with Gasteiger partial charge in [-0.1, -0.05) is 0 Å². The summed E-state index contributed by atoms with van der Waals surface area (Å²) in [5, 5.41) is 0. The van der Waals surface area contributed by atoms with Gasteiger partial charge in [0.15, 0.2) is 11.5 Å². The molecular formula is C15H22N2O3. The Labute approximate surface area is 119 Å². The number of aryl methyl sites for hydroxylation is 1. The van der Waals surface area contributed by atoms with Crippen molar-refractivity contribution in [3.63, 3.8) is 0 Å². The number of hydrogen-bond donors (Lipinski definition) is 1. The first kappa shape index (κ1) is 14.7. The van der Waals surface area contributed by atoms with E-state index in [9.17, 15) is 4.79 Å². The average Bonchev–Trinajstić information content (AvgIpc) is 3.18. The number of methoxy groups -OCH3 is 2. The van der Waals surface area contributed by atoms with Crippen molar-refractivity contribution in [2.75, 3.05) is 21.3 Å². The van der Waals surface area contributed by atoms with E-state index in [-0.39, 0.29) is 5.91 Å². The normalized spacial score (nSPS) is 15.7. The molecule has 5 nitrogen and oxygen atoms in total. The third-order valence-corrected chi connectivity index (χ3v) is 3.81. The van der Waals surface area contributed by atoms with Crippen LogP contribution in [0.5, 0.6) is 11.5 Å². The Morgan fingerprint density at radius 2 is 1.85 bits per heavy atom. The Morgan fingerprint density at radius 1 is 1.30 bits per heavy atom. The van der Waals surface area contributed by atoms with Gasteiger partial charge in [0.25, 0.3) is 0 Å². The fourth-order valence-corrected chi connectivity index (χ4v) is 2.25. The second-order valence-electron chi connectivity index (χ2n) is 5.45. The summed E-state index contributed by atoms with van der Waals surface area (Å²) >= 11 is 0. The summed E-state index contributed by atoms with van der Waals surface area (Å²) in [6, 6.07) is 3.83. The largest absolute Gasteiger partial charge is 0.493 e. The van der Waals surface area contributed by atoms with Crippen molar-refractivity contribution in [2.24, 2.45) is 5.73 Å². The predicted octanol–water partition coefficient (Wildman–Crippen LogP) is 1.46. The molecule has 0 radical (unpaired) electrons. The van der Waals surface area contributed by atoms with Gasteiger partial charge in [-0.15, -0.1) is 0 Å². The van der Waals surface area contributed by atoms with E-state index in [1.807, 2.05) is 19.1 Å². The molecule has 2 N–H and O–H groups in total. The lowest BCUT2D eigenvalue weighted by molar-refractivity contribution is -0.132. The maximum atomic E-state index is 12.2. The second-order valence-corrected chi connectivity index (χ2v) is 5.45. The Balaban J connectivity index is 2.18. The summed E-state index contributed by atoms with van der Waals surface area (Å²) in [6.07, 6.45) is 1.56. The minimum atomic E-state index is -0.626. The highest BCUT2D eigenvalue weighted by molar-refractivity contribution is 5.88. The van der Waals surface area contributed by atoms with Gasteiger partial charge in [-0.25, -0.2) is 0 Å². The highest BCUT2D eigenvalue weighted by Crippen LogP contribution is 2.35. The number of benzene rings is 1. The van der Waals surface area contributed by atoms with Crippen LogP contribution < -0.4 is 15.2 Å². The minimum Gasteiger partial charge on any atom is -0.493 e. The van der Waals surface area contributed by atoms with Crippen LogP contribution in [0.4, 0.5) is 0 Å². The number of nitrogens with zero attached hydrogens (tertiary/aromatic N) is 1. The van der Waals surface area contributed by atoms with Crippen molar-refractivity contribution < 1.29 is 14.3 Å². The molecule has 0 aliphatic heterocycles. The zero-order valence-electron chi connectivity index (χ0n) is 12.5. The number of nitrogens with two attached hydrogens (primary N) is 1. The first-order valence-corrected chi connectivity index (χ1v) is 6.67. The third kappa shape index (κ3) is 2.72. The van der Waals surface area contributed by atoms with Crippen molar-refractivity contribution in [2.45, 2.75) is 31.8 Å². The molecule has 0 atom stereocenters. The summed E-state index contributed by atoms with van der Waals surface area (Å²) in [7, 11) is 4.99. The molecule has 110 valence electrons. The quantitative estimate of drug-likeness (QED) is 0.885. The molecule has 1 amide bonds. The first-order chi connectivity index (χ1) is 9.41. The third-order valence-electron chi connectivity index (χ3n) is 3.81. The molecule has 1 saturated carbocycles. The van der Waals surface area contributed by atoms with Crippen molar-refractivity contribution in [1.29, 1.82) is 0 Å². The Hall–Kier alpha value is -1.75. The number of carbonyl (C=O) groups excluding carboxylic acids is 1. The highest BCUT2D eigenvalue weighted by Gasteiger charge is 2.47. The van der Waals surface area contributed by atoms with Crippen LogP contribution in [0.3, 0.4) is 0 Å². The van der Waals surface area contributed by atoms with E-state index in [1.54, 1.807) is 26.2 Å². The minimum absolute atomic E-state index is 0.00619. The molecule has 20 heavy (non-hydrogen) atoms. The molecule has 0 unspecified atom stereocenters. The van der Waals surface area contributed by atoms with E-state index >= 15 is 0 Å². The van der Waals surface area contributed by atoms with Gasteiger partial charge < -0.3 is 20.1 Å². The molecule has 0 aromatic heterocycles. The number of likely N-dealkylation sites (N-methyl/N-ethyl adjacent to an activating group) is 1. The fourth-order valence-electron chi connectivity index (χ4n) is 2.25. The smallest absolute Gasteiger partial charge is 0.242 e. The number of hydrogen-bond acceptors (Lipinski definition) is 4. The molecule has 5 heteroatoms. The maximum absolute atomic E-state index is 12.2. The van der Waals surface area contributed by atoms with Crippen molar-refractivity contribution in [3.8, 4) is 11.5 Å². The Bertz CT molecular complexity index is 524. The summed E-state index contributed by atoms with van der Waals surface area (Å²) in [6.45, 7) is 2.51. The zero-order valence-corrected chi connectivity index (χ0v) is 12.5. The maximum Gasteiger partial charge on any atom is 0.242 e. The van der Waals surface area contributed by atoms with Crippen LogP contribution in [0.25, 0.3) is 0 Å². The van der Waals surface area contributed by atoms with Crippen LogP contribution in [0.1, 0.15) is 24.0 Å². The van der Waals surface area contributed by atoms with E-state index in [1.165, 1.54) is 0 Å². The van der Waals surface area contributed by atoms with Crippen molar-refractivity contribution in [1.82, 2.24) is 4.90 Å². The summed E-state index contributed by atoms with van der Waals surface area (Å²) in [4.78, 5) is 13.8. The first-order valence-electron chi connectivity index (χ1n) is 6.67. The average molecular weight is 278 g/mol. The summed E-state index contributed by atoms with van der Waals surface area (Å²) in [5.41, 5.74) is 7.41. The fraction of sp³-hybridized carbons (Fsp3) is 0.533. The van der Waals surface area contributed by atoms with Gasteiger partial charge in [0.05, 0.1) is 19.8 Å². The Morgan fingerprint density at radius 3 is 2.35 bits per heavy atom. The van der Waals surface area contributed by atoms with Gasteiger partial charge in [-0.3, -0.25) is 4.79 Å². The molecular weight excluding hydrogens is 256 g/mol. The molecule has 1 fully saturated rings. The van der Waals surface area contributed by atoms with Crippen LogP contribution in [-0.2, 0) is 11.3 Å². The van der Waals surface area contributed by atoms with Crippen LogP contribution in [-0.4, -0.2) is 37.6 Å². The monoisotopic (exact) mass is 278 g/mol. The van der Waals surface area contributed by atoms with Crippen molar-refractivity contribution >= 4 is 5.91 Å². The van der Waals surface area contributed by atoms with E-state index in [0.717, 1.165) is 24.0 Å². The Kier molecular flexibility index (Phi) is 3.90. The summed E-state index contributed by atoms with van der Waals surface area (Å²) < 4.78 is 10.6. The highest BCUT2D eigenvalue weighted by atomic mass is 16.5. The topological polar surface area (TPSA) is 64.8 Å². The van der Waals surface area contributed by atoms with Gasteiger partial charge >= 0.3 is 0 Å². The van der Waals surface area contributed by atoms with E-state index in [4.69, 9.17) is 15.2 Å². The molecule has 1 aromatic rings. The molecule has 0 saturated heterocycles. The van der Waals surface area contributed by atoms with Crippen LogP contribution >= 0.6 is 0 Å². The molecule has 2 rings (SSSR count). The van der Waals surface area contributed by atoms with Gasteiger partial charge in [0.2, 0.25) is 5.91 Å². The number of carbonyl (C=O) groups is 1. The van der Waals surface area contributed by atoms with E-state index < -0.39 is 5.54 Å². The number of rotatable bonds is 5. The lowest BCUT2D eigenvalue weighted by Crippen LogP contribution is -2.43. The molecule has 0 spiro atoms. The molecule has 1 aliphatic carbocycles. The predicted molar refractivity (Wildman–Crippen MR) is 76.9 cm³/mol. The van der Waals surface area contributed by atoms with Crippen LogP contribution in [0.15, 0.2) is 12.1 Å². The van der Waals surface area contributed by atoms with Gasteiger partial charge in [0, 0.05) is 13.6 Å². The number of ether oxygens (including phenoxy) is 2. The SMILES string of the molecule is COc1cc(C)c(CN(C)C(=O)C2(N)CC2)cc1OC. The lowest BCUT2D eigenvalue weighted by atomic mass is 10.1. The standard InChI is InChI=1S/C15H22N2O3/c1-10-7-12(19-3)13(20-4)8-11(10)9-17(2)14(18)15(16)5-6-15/h7-8H,5-6,9,16H2,1-4H3. The lowest BCUT2D eigenvalue weighted by Gasteiger charge is -2.22. The van der Waals surface area contributed by atoms with E-state index in [2.05, 4.69) is 0 Å². The van der Waals surface area contributed by atoms with E-state index in [0.29, 0.717) is 18.0 Å².